The first-order chi connectivity index (χ1) is 14.3. The smallest absolute Gasteiger partial charge is 0.274 e. The van der Waals surface area contributed by atoms with Crippen LogP contribution < -0.4 is 5.32 Å². The summed E-state index contributed by atoms with van der Waals surface area (Å²) in [5, 5.41) is 16.7. The van der Waals surface area contributed by atoms with Crippen LogP contribution in [0.25, 0.3) is 28.3 Å². The van der Waals surface area contributed by atoms with Crippen LogP contribution >= 0.6 is 0 Å². The lowest BCUT2D eigenvalue weighted by molar-refractivity contribution is 0.916. The molecule has 0 aliphatic heterocycles. The number of benzene rings is 3. The summed E-state index contributed by atoms with van der Waals surface area (Å²) in [6, 6.07) is 28.1. The molecule has 5 rings (SSSR count). The minimum atomic E-state index is 0.443. The van der Waals surface area contributed by atoms with Crippen molar-refractivity contribution in [2.75, 3.05) is 5.32 Å². The number of nitrogens with zero attached hydrogens (tertiary/aromatic N) is 5. The lowest BCUT2D eigenvalue weighted by Crippen LogP contribution is -2.05. The molecule has 0 aliphatic carbocycles. The molecule has 6 heteroatoms. The first-order valence-electron chi connectivity index (χ1n) is 9.36. The maximum atomic E-state index is 4.87. The summed E-state index contributed by atoms with van der Waals surface area (Å²) in [5.41, 5.74) is 5.60. The van der Waals surface area contributed by atoms with E-state index in [4.69, 9.17) is 10.1 Å². The second-order valence-electron chi connectivity index (χ2n) is 6.77. The third kappa shape index (κ3) is 3.32. The summed E-state index contributed by atoms with van der Waals surface area (Å²) in [6.45, 7) is 2.05. The molecule has 1 N–H and O–H groups in total. The van der Waals surface area contributed by atoms with Gasteiger partial charge in [0.15, 0.2) is 0 Å². The van der Waals surface area contributed by atoms with Gasteiger partial charge in [-0.05, 0) is 24.6 Å². The second-order valence-corrected chi connectivity index (χ2v) is 6.77. The Morgan fingerprint density at radius 1 is 0.724 bits per heavy atom. The zero-order valence-electron chi connectivity index (χ0n) is 15.8. The van der Waals surface area contributed by atoms with E-state index in [2.05, 4.69) is 15.5 Å². The van der Waals surface area contributed by atoms with Crippen LogP contribution in [0.4, 0.5) is 11.6 Å². The molecular weight excluding hydrogens is 360 g/mol. The number of aromatic nitrogens is 5. The Bertz CT molecular complexity index is 1280. The lowest BCUT2D eigenvalue weighted by atomic mass is 10.0. The molecule has 0 bridgehead atoms. The Balaban J connectivity index is 1.68. The number of hydrogen-bond donors (Lipinski definition) is 1. The molecule has 0 aliphatic rings. The highest BCUT2D eigenvalue weighted by molar-refractivity contribution is 5.78. The van der Waals surface area contributed by atoms with E-state index in [0.717, 1.165) is 33.8 Å². The van der Waals surface area contributed by atoms with Crippen molar-refractivity contribution in [1.29, 1.82) is 0 Å². The Morgan fingerprint density at radius 2 is 1.41 bits per heavy atom. The predicted molar refractivity (Wildman–Crippen MR) is 114 cm³/mol. The molecule has 0 fully saturated rings. The molecule has 0 amide bonds. The van der Waals surface area contributed by atoms with Gasteiger partial charge in [-0.25, -0.2) is 4.98 Å². The zero-order chi connectivity index (χ0) is 19.6. The standard InChI is InChI=1S/C23H18N6/c1-16-9-8-14-19(15-16)24-22-26-27-23-25-20(17-10-4-2-5-11-17)21(28-29(22)23)18-12-6-3-7-13-18/h2-15H,1H3,(H,24,26). The highest BCUT2D eigenvalue weighted by Gasteiger charge is 2.17. The molecular formula is C23H18N6. The summed E-state index contributed by atoms with van der Waals surface area (Å²) in [5.74, 6) is 0.966. The molecule has 0 unspecified atom stereocenters. The van der Waals surface area contributed by atoms with Gasteiger partial charge in [0, 0.05) is 16.8 Å². The maximum absolute atomic E-state index is 4.87. The molecule has 0 spiro atoms. The fraction of sp³-hybridized carbons (Fsp3) is 0.0435. The van der Waals surface area contributed by atoms with Gasteiger partial charge in [0.2, 0.25) is 0 Å². The summed E-state index contributed by atoms with van der Waals surface area (Å²) in [4.78, 5) is 4.79. The van der Waals surface area contributed by atoms with Gasteiger partial charge in [-0.15, -0.1) is 10.2 Å². The van der Waals surface area contributed by atoms with Crippen molar-refractivity contribution in [3.05, 3.63) is 90.5 Å². The van der Waals surface area contributed by atoms with E-state index < -0.39 is 0 Å². The zero-order valence-corrected chi connectivity index (χ0v) is 15.8. The third-order valence-electron chi connectivity index (χ3n) is 4.63. The van der Waals surface area contributed by atoms with Crippen molar-refractivity contribution in [3.63, 3.8) is 0 Å². The Hall–Kier alpha value is -4.06. The summed E-state index contributed by atoms with van der Waals surface area (Å²) in [7, 11) is 0. The highest BCUT2D eigenvalue weighted by atomic mass is 15.4. The quantitative estimate of drug-likeness (QED) is 0.481. The minimum absolute atomic E-state index is 0.443. The maximum Gasteiger partial charge on any atom is 0.274 e. The first kappa shape index (κ1) is 17.1. The van der Waals surface area contributed by atoms with Crippen molar-refractivity contribution in [1.82, 2.24) is 24.8 Å². The van der Waals surface area contributed by atoms with Crippen LogP contribution in [0.5, 0.6) is 0 Å². The van der Waals surface area contributed by atoms with Crippen LogP contribution in [0.2, 0.25) is 0 Å². The van der Waals surface area contributed by atoms with Gasteiger partial charge in [-0.1, -0.05) is 72.8 Å². The van der Waals surface area contributed by atoms with Crippen LogP contribution in [0.3, 0.4) is 0 Å². The van der Waals surface area contributed by atoms with E-state index in [1.807, 2.05) is 91.9 Å². The van der Waals surface area contributed by atoms with Crippen LogP contribution in [-0.2, 0) is 0 Å². The van der Waals surface area contributed by atoms with Gasteiger partial charge in [-0.3, -0.25) is 0 Å². The van der Waals surface area contributed by atoms with Crippen molar-refractivity contribution in [3.8, 4) is 22.5 Å². The van der Waals surface area contributed by atoms with Crippen LogP contribution in [-0.4, -0.2) is 24.8 Å². The fourth-order valence-corrected chi connectivity index (χ4v) is 3.25. The van der Waals surface area contributed by atoms with E-state index >= 15 is 0 Å². The van der Waals surface area contributed by atoms with E-state index in [1.54, 1.807) is 4.52 Å². The third-order valence-corrected chi connectivity index (χ3v) is 4.63. The molecule has 3 aromatic carbocycles. The SMILES string of the molecule is Cc1cccc(Nc2nnc3nc(-c4ccccc4)c(-c4ccccc4)nn23)c1. The molecule has 2 aromatic heterocycles. The van der Waals surface area contributed by atoms with E-state index in [-0.39, 0.29) is 0 Å². The number of rotatable bonds is 4. The van der Waals surface area contributed by atoms with Crippen LogP contribution in [0, 0.1) is 6.92 Å². The van der Waals surface area contributed by atoms with Crippen molar-refractivity contribution in [2.24, 2.45) is 0 Å². The number of fused-ring (bicyclic) bond motifs is 1. The monoisotopic (exact) mass is 378 g/mol. The lowest BCUT2D eigenvalue weighted by Gasteiger charge is -2.10. The minimum Gasteiger partial charge on any atom is -0.323 e. The number of hydrogen-bond acceptors (Lipinski definition) is 5. The molecule has 140 valence electrons. The average Bonchev–Trinajstić information content (AvgIpc) is 3.16. The van der Waals surface area contributed by atoms with E-state index in [1.165, 1.54) is 0 Å². The largest absolute Gasteiger partial charge is 0.323 e. The number of nitrogens with one attached hydrogen (secondary N) is 1. The summed E-state index contributed by atoms with van der Waals surface area (Å²) in [6.07, 6.45) is 0. The normalized spacial score (nSPS) is 10.9. The number of aryl methyl sites for hydroxylation is 1. The van der Waals surface area contributed by atoms with Crippen LogP contribution in [0.1, 0.15) is 5.56 Å². The van der Waals surface area contributed by atoms with Gasteiger partial charge < -0.3 is 5.32 Å². The summed E-state index contributed by atoms with van der Waals surface area (Å²) >= 11 is 0. The topological polar surface area (TPSA) is 68.0 Å². The second kappa shape index (κ2) is 7.16. The molecule has 5 aromatic rings. The Morgan fingerprint density at radius 3 is 2.10 bits per heavy atom. The van der Waals surface area contributed by atoms with Gasteiger partial charge in [0.25, 0.3) is 11.7 Å². The van der Waals surface area contributed by atoms with Crippen molar-refractivity contribution in [2.45, 2.75) is 6.92 Å². The van der Waals surface area contributed by atoms with E-state index in [9.17, 15) is 0 Å². The van der Waals surface area contributed by atoms with E-state index in [0.29, 0.717) is 11.7 Å². The highest BCUT2D eigenvalue weighted by Crippen LogP contribution is 2.29. The molecule has 6 nitrogen and oxygen atoms in total. The molecule has 2 heterocycles. The van der Waals surface area contributed by atoms with Gasteiger partial charge in [0.1, 0.15) is 11.4 Å². The van der Waals surface area contributed by atoms with Gasteiger partial charge in [0.05, 0.1) is 0 Å². The molecule has 0 radical (unpaired) electrons. The Labute approximate surface area is 167 Å². The average molecular weight is 378 g/mol. The van der Waals surface area contributed by atoms with Gasteiger partial charge in [-0.2, -0.15) is 9.61 Å². The number of anilines is 2. The molecule has 29 heavy (non-hydrogen) atoms. The first-order valence-corrected chi connectivity index (χ1v) is 9.36. The Kier molecular flexibility index (Phi) is 4.22. The summed E-state index contributed by atoms with van der Waals surface area (Å²) < 4.78 is 1.65. The fourth-order valence-electron chi connectivity index (χ4n) is 3.25. The molecule has 0 saturated carbocycles. The molecule has 0 saturated heterocycles. The molecule has 0 atom stereocenters. The van der Waals surface area contributed by atoms with Crippen molar-refractivity contribution >= 4 is 17.4 Å². The predicted octanol–water partition coefficient (Wildman–Crippen LogP) is 4.91. The van der Waals surface area contributed by atoms with Crippen LogP contribution in [0.15, 0.2) is 84.9 Å². The van der Waals surface area contributed by atoms with Gasteiger partial charge >= 0.3 is 0 Å². The van der Waals surface area contributed by atoms with Crippen molar-refractivity contribution < 1.29 is 0 Å².